The van der Waals surface area contributed by atoms with Crippen LogP contribution < -0.4 is 5.32 Å². The van der Waals surface area contributed by atoms with Gasteiger partial charge in [0.2, 0.25) is 0 Å². The molecule has 1 atom stereocenters. The molecule has 0 aliphatic carbocycles. The lowest BCUT2D eigenvalue weighted by Crippen LogP contribution is -2.18. The second-order valence-electron chi connectivity index (χ2n) is 5.10. The van der Waals surface area contributed by atoms with E-state index in [0.29, 0.717) is 6.04 Å². The average Bonchev–Trinajstić information content (AvgIpc) is 2.51. The highest BCUT2D eigenvalue weighted by Crippen LogP contribution is 2.26. The molecular weight excluding hydrogens is 342 g/mol. The first kappa shape index (κ1) is 16.6. The number of rotatable bonds is 7. The van der Waals surface area contributed by atoms with Crippen LogP contribution in [0.5, 0.6) is 0 Å². The molecule has 0 aromatic heterocycles. The van der Waals surface area contributed by atoms with Gasteiger partial charge in [0.1, 0.15) is 0 Å². The first-order valence-electron chi connectivity index (χ1n) is 7.37. The molecule has 21 heavy (non-hydrogen) atoms. The van der Waals surface area contributed by atoms with Gasteiger partial charge in [-0.15, -0.1) is 11.8 Å². The van der Waals surface area contributed by atoms with Crippen molar-refractivity contribution in [2.45, 2.75) is 30.7 Å². The Labute approximate surface area is 140 Å². The van der Waals surface area contributed by atoms with E-state index in [0.717, 1.165) is 16.6 Å². The number of thioether (sulfide) groups is 1. The third-order valence-corrected chi connectivity index (χ3v) is 5.13. The molecule has 0 fully saturated rings. The molecule has 0 heterocycles. The van der Waals surface area contributed by atoms with Crippen LogP contribution >= 0.6 is 27.7 Å². The van der Waals surface area contributed by atoms with Crippen molar-refractivity contribution in [3.63, 3.8) is 0 Å². The standard InChI is InChI=1S/C18H22BrNS/c1-3-4-14-5-7-15(8-6-14)18(20-2)13-21-17-11-9-16(19)10-12-17/h5-12,18,20H,3-4,13H2,1-2H3. The lowest BCUT2D eigenvalue weighted by atomic mass is 10.0. The fraction of sp³-hybridized carbons (Fsp3) is 0.333. The molecule has 0 saturated heterocycles. The van der Waals surface area contributed by atoms with Gasteiger partial charge in [-0.3, -0.25) is 0 Å². The highest BCUT2D eigenvalue weighted by Gasteiger charge is 2.09. The molecule has 1 N–H and O–H groups in total. The Morgan fingerprint density at radius 1 is 1.05 bits per heavy atom. The zero-order chi connectivity index (χ0) is 15.1. The summed E-state index contributed by atoms with van der Waals surface area (Å²) in [6.07, 6.45) is 2.37. The normalized spacial score (nSPS) is 12.3. The van der Waals surface area contributed by atoms with Gasteiger partial charge < -0.3 is 5.32 Å². The van der Waals surface area contributed by atoms with Crippen LogP contribution in [0, 0.1) is 0 Å². The maximum absolute atomic E-state index is 3.47. The van der Waals surface area contributed by atoms with Crippen LogP contribution in [0.1, 0.15) is 30.5 Å². The van der Waals surface area contributed by atoms with E-state index in [1.807, 2.05) is 18.8 Å². The van der Waals surface area contributed by atoms with Crippen LogP contribution in [0.2, 0.25) is 0 Å². The number of benzene rings is 2. The van der Waals surface area contributed by atoms with Crippen molar-refractivity contribution in [2.75, 3.05) is 12.8 Å². The Hall–Kier alpha value is -0.770. The molecule has 1 nitrogen and oxygen atoms in total. The lowest BCUT2D eigenvalue weighted by molar-refractivity contribution is 0.661. The Morgan fingerprint density at radius 3 is 2.29 bits per heavy atom. The largest absolute Gasteiger partial charge is 0.312 e. The number of aryl methyl sites for hydroxylation is 1. The SMILES string of the molecule is CCCc1ccc(C(CSc2ccc(Br)cc2)NC)cc1. The zero-order valence-electron chi connectivity index (χ0n) is 12.6. The van der Waals surface area contributed by atoms with Crippen molar-refractivity contribution in [3.8, 4) is 0 Å². The summed E-state index contributed by atoms with van der Waals surface area (Å²) in [7, 11) is 2.03. The van der Waals surface area contributed by atoms with Crippen LogP contribution in [0.4, 0.5) is 0 Å². The van der Waals surface area contributed by atoms with Crippen LogP contribution in [0.3, 0.4) is 0 Å². The van der Waals surface area contributed by atoms with E-state index < -0.39 is 0 Å². The van der Waals surface area contributed by atoms with E-state index in [2.05, 4.69) is 76.7 Å². The van der Waals surface area contributed by atoms with Crippen LogP contribution in [-0.2, 0) is 6.42 Å². The van der Waals surface area contributed by atoms with E-state index in [9.17, 15) is 0 Å². The van der Waals surface area contributed by atoms with Crippen LogP contribution in [-0.4, -0.2) is 12.8 Å². The van der Waals surface area contributed by atoms with Crippen molar-refractivity contribution in [1.29, 1.82) is 0 Å². The minimum Gasteiger partial charge on any atom is -0.312 e. The van der Waals surface area contributed by atoms with Gasteiger partial charge in [0.25, 0.3) is 0 Å². The van der Waals surface area contributed by atoms with E-state index in [-0.39, 0.29) is 0 Å². The van der Waals surface area contributed by atoms with Crippen molar-refractivity contribution in [1.82, 2.24) is 5.32 Å². The van der Waals surface area contributed by atoms with E-state index in [1.54, 1.807) is 0 Å². The first-order valence-corrected chi connectivity index (χ1v) is 9.15. The summed E-state index contributed by atoms with van der Waals surface area (Å²) >= 11 is 5.36. The van der Waals surface area contributed by atoms with E-state index >= 15 is 0 Å². The zero-order valence-corrected chi connectivity index (χ0v) is 15.0. The predicted octanol–water partition coefficient (Wildman–Crippen LogP) is 5.45. The molecule has 0 bridgehead atoms. The quantitative estimate of drug-likeness (QED) is 0.655. The molecule has 0 amide bonds. The number of hydrogen-bond donors (Lipinski definition) is 1. The Kier molecular flexibility index (Phi) is 6.81. The molecule has 112 valence electrons. The Bertz CT molecular complexity index is 536. The molecule has 2 aromatic carbocycles. The highest BCUT2D eigenvalue weighted by molar-refractivity contribution is 9.10. The molecule has 3 heteroatoms. The van der Waals surface area contributed by atoms with E-state index in [1.165, 1.54) is 22.4 Å². The molecule has 0 aliphatic heterocycles. The van der Waals surface area contributed by atoms with Crippen molar-refractivity contribution in [3.05, 3.63) is 64.1 Å². The fourth-order valence-corrected chi connectivity index (χ4v) is 3.57. The van der Waals surface area contributed by atoms with Gasteiger partial charge in [-0.2, -0.15) is 0 Å². The van der Waals surface area contributed by atoms with Crippen LogP contribution in [0.15, 0.2) is 57.9 Å². The average molecular weight is 364 g/mol. The van der Waals surface area contributed by atoms with Gasteiger partial charge >= 0.3 is 0 Å². The summed E-state index contributed by atoms with van der Waals surface area (Å²) < 4.78 is 1.13. The molecule has 1 unspecified atom stereocenters. The molecular formula is C18H22BrNS. The summed E-state index contributed by atoms with van der Waals surface area (Å²) in [5.74, 6) is 1.03. The molecule has 0 spiro atoms. The monoisotopic (exact) mass is 363 g/mol. The number of nitrogens with one attached hydrogen (secondary N) is 1. The number of halogens is 1. The summed E-state index contributed by atoms with van der Waals surface area (Å²) in [6, 6.07) is 17.9. The molecule has 2 rings (SSSR count). The minimum absolute atomic E-state index is 0.384. The predicted molar refractivity (Wildman–Crippen MR) is 97.1 cm³/mol. The fourth-order valence-electron chi connectivity index (χ4n) is 2.26. The highest BCUT2D eigenvalue weighted by atomic mass is 79.9. The minimum atomic E-state index is 0.384. The van der Waals surface area contributed by atoms with Crippen molar-refractivity contribution < 1.29 is 0 Å². The van der Waals surface area contributed by atoms with Gasteiger partial charge in [0.05, 0.1) is 0 Å². The van der Waals surface area contributed by atoms with Gasteiger partial charge in [-0.05, 0) is 48.9 Å². The summed E-state index contributed by atoms with van der Waals surface area (Å²) in [4.78, 5) is 1.31. The van der Waals surface area contributed by atoms with Crippen molar-refractivity contribution in [2.24, 2.45) is 0 Å². The smallest absolute Gasteiger partial charge is 0.0412 e. The number of hydrogen-bond acceptors (Lipinski definition) is 2. The van der Waals surface area contributed by atoms with Gasteiger partial charge in [0, 0.05) is 21.2 Å². The van der Waals surface area contributed by atoms with Crippen LogP contribution in [0.25, 0.3) is 0 Å². The topological polar surface area (TPSA) is 12.0 Å². The maximum Gasteiger partial charge on any atom is 0.0412 e. The second-order valence-corrected chi connectivity index (χ2v) is 7.11. The first-order chi connectivity index (χ1) is 10.2. The second kappa shape index (κ2) is 8.62. The van der Waals surface area contributed by atoms with E-state index in [4.69, 9.17) is 0 Å². The lowest BCUT2D eigenvalue weighted by Gasteiger charge is -2.17. The molecule has 0 aliphatic rings. The third-order valence-electron chi connectivity index (χ3n) is 3.50. The summed E-state index contributed by atoms with van der Waals surface area (Å²) in [6.45, 7) is 2.22. The third kappa shape index (κ3) is 5.17. The molecule has 0 radical (unpaired) electrons. The maximum atomic E-state index is 3.47. The van der Waals surface area contributed by atoms with Gasteiger partial charge in [-0.25, -0.2) is 0 Å². The van der Waals surface area contributed by atoms with Gasteiger partial charge in [-0.1, -0.05) is 53.5 Å². The molecule has 0 saturated carbocycles. The van der Waals surface area contributed by atoms with Gasteiger partial charge in [0.15, 0.2) is 0 Å². The Balaban J connectivity index is 1.97. The Morgan fingerprint density at radius 2 is 1.71 bits per heavy atom. The summed E-state index contributed by atoms with van der Waals surface area (Å²) in [5.41, 5.74) is 2.79. The van der Waals surface area contributed by atoms with Crippen molar-refractivity contribution >= 4 is 27.7 Å². The summed E-state index contributed by atoms with van der Waals surface area (Å²) in [5, 5.41) is 3.42. The molecule has 2 aromatic rings.